The number of carbonyl (C=O) groups is 1. The number of likely N-dealkylation sites (N-methyl/N-ethyl adjacent to an activating group) is 1. The molecule has 1 fully saturated rings. The van der Waals surface area contributed by atoms with Crippen molar-refractivity contribution in [3.8, 4) is 0 Å². The SMILES string of the molecule is CNC(C)C1CCCCN1C(C)C(=O)NCCCOC. The summed E-state index contributed by atoms with van der Waals surface area (Å²) in [5.41, 5.74) is 0. The molecular weight excluding hydrogens is 254 g/mol. The van der Waals surface area contributed by atoms with Crippen LogP contribution in [-0.2, 0) is 9.53 Å². The zero-order valence-electron chi connectivity index (χ0n) is 13.4. The van der Waals surface area contributed by atoms with Crippen LogP contribution in [0.1, 0.15) is 39.5 Å². The van der Waals surface area contributed by atoms with Gasteiger partial charge in [-0.15, -0.1) is 0 Å². The van der Waals surface area contributed by atoms with E-state index in [1.165, 1.54) is 19.3 Å². The first-order valence-corrected chi connectivity index (χ1v) is 7.81. The lowest BCUT2D eigenvalue weighted by molar-refractivity contribution is -0.127. The number of likely N-dealkylation sites (tertiary alicyclic amines) is 1. The van der Waals surface area contributed by atoms with Gasteiger partial charge >= 0.3 is 0 Å². The monoisotopic (exact) mass is 285 g/mol. The predicted octanol–water partition coefficient (Wildman–Crippen LogP) is 0.990. The Morgan fingerprint density at radius 2 is 2.15 bits per heavy atom. The second kappa shape index (κ2) is 9.32. The standard InChI is InChI=1S/C15H31N3O2/c1-12(16-3)14-8-5-6-10-18(14)13(2)15(19)17-9-7-11-20-4/h12-14,16H,5-11H2,1-4H3,(H,17,19). The highest BCUT2D eigenvalue weighted by molar-refractivity contribution is 5.81. The summed E-state index contributed by atoms with van der Waals surface area (Å²) in [6.45, 7) is 6.62. The molecule has 1 aliphatic rings. The second-order valence-corrected chi connectivity index (χ2v) is 5.69. The Balaban J connectivity index is 2.49. The van der Waals surface area contributed by atoms with Crippen LogP contribution in [-0.4, -0.2) is 62.8 Å². The van der Waals surface area contributed by atoms with Crippen LogP contribution in [0.15, 0.2) is 0 Å². The first-order valence-electron chi connectivity index (χ1n) is 7.81. The van der Waals surface area contributed by atoms with Crippen LogP contribution in [0.4, 0.5) is 0 Å². The van der Waals surface area contributed by atoms with Crippen LogP contribution >= 0.6 is 0 Å². The second-order valence-electron chi connectivity index (χ2n) is 5.69. The van der Waals surface area contributed by atoms with E-state index in [0.717, 1.165) is 13.0 Å². The van der Waals surface area contributed by atoms with Gasteiger partial charge in [0.05, 0.1) is 6.04 Å². The number of nitrogens with one attached hydrogen (secondary N) is 2. The van der Waals surface area contributed by atoms with Crippen molar-refractivity contribution >= 4 is 5.91 Å². The summed E-state index contributed by atoms with van der Waals surface area (Å²) in [6.07, 6.45) is 4.48. The van der Waals surface area contributed by atoms with Gasteiger partial charge in [-0.2, -0.15) is 0 Å². The van der Waals surface area contributed by atoms with E-state index in [-0.39, 0.29) is 11.9 Å². The van der Waals surface area contributed by atoms with Gasteiger partial charge < -0.3 is 15.4 Å². The van der Waals surface area contributed by atoms with Crippen molar-refractivity contribution in [3.05, 3.63) is 0 Å². The lowest BCUT2D eigenvalue weighted by Gasteiger charge is -2.42. The topological polar surface area (TPSA) is 53.6 Å². The first kappa shape index (κ1) is 17.4. The van der Waals surface area contributed by atoms with Crippen LogP contribution in [0, 0.1) is 0 Å². The highest BCUT2D eigenvalue weighted by Gasteiger charge is 2.32. The lowest BCUT2D eigenvalue weighted by Crippen LogP contribution is -2.57. The maximum atomic E-state index is 12.2. The quantitative estimate of drug-likeness (QED) is 0.653. The highest BCUT2D eigenvalue weighted by atomic mass is 16.5. The number of ether oxygens (including phenoxy) is 1. The molecule has 0 aromatic heterocycles. The first-order chi connectivity index (χ1) is 9.61. The van der Waals surface area contributed by atoms with Crippen LogP contribution < -0.4 is 10.6 Å². The van der Waals surface area contributed by atoms with E-state index in [1.54, 1.807) is 7.11 Å². The zero-order chi connectivity index (χ0) is 15.0. The Morgan fingerprint density at radius 1 is 1.40 bits per heavy atom. The molecule has 0 radical (unpaired) electrons. The molecule has 3 unspecified atom stereocenters. The molecule has 1 saturated heterocycles. The van der Waals surface area contributed by atoms with Crippen molar-refractivity contribution in [1.82, 2.24) is 15.5 Å². The number of amides is 1. The summed E-state index contributed by atoms with van der Waals surface area (Å²) in [4.78, 5) is 14.6. The summed E-state index contributed by atoms with van der Waals surface area (Å²) in [5.74, 6) is 0.135. The molecule has 0 bridgehead atoms. The van der Waals surface area contributed by atoms with Gasteiger partial charge in [-0.05, 0) is 46.7 Å². The summed E-state index contributed by atoms with van der Waals surface area (Å²) >= 11 is 0. The van der Waals surface area contributed by atoms with Gasteiger partial charge in [0.25, 0.3) is 0 Å². The average Bonchev–Trinajstić information content (AvgIpc) is 2.49. The fourth-order valence-electron chi connectivity index (χ4n) is 2.92. The fraction of sp³-hybridized carbons (Fsp3) is 0.933. The summed E-state index contributed by atoms with van der Waals surface area (Å²) in [6, 6.07) is 0.811. The number of nitrogens with zero attached hydrogens (tertiary/aromatic N) is 1. The molecule has 0 aromatic rings. The molecule has 1 aliphatic heterocycles. The van der Waals surface area contributed by atoms with Gasteiger partial charge in [0.15, 0.2) is 0 Å². The van der Waals surface area contributed by atoms with E-state index in [0.29, 0.717) is 25.2 Å². The molecule has 2 N–H and O–H groups in total. The minimum atomic E-state index is -0.0568. The molecular formula is C15H31N3O2. The fourth-order valence-corrected chi connectivity index (χ4v) is 2.92. The normalized spacial score (nSPS) is 23.3. The Bertz CT molecular complexity index is 286. The molecule has 1 amide bonds. The summed E-state index contributed by atoms with van der Waals surface area (Å²) in [7, 11) is 3.68. The van der Waals surface area contributed by atoms with Crippen LogP contribution in [0.5, 0.6) is 0 Å². The van der Waals surface area contributed by atoms with Gasteiger partial charge in [-0.25, -0.2) is 0 Å². The van der Waals surface area contributed by atoms with Crippen molar-refractivity contribution in [2.75, 3.05) is 33.9 Å². The maximum absolute atomic E-state index is 12.2. The van der Waals surface area contributed by atoms with E-state index >= 15 is 0 Å². The number of hydrogen-bond donors (Lipinski definition) is 2. The lowest BCUT2D eigenvalue weighted by atomic mass is 9.94. The van der Waals surface area contributed by atoms with Crippen LogP contribution in [0.25, 0.3) is 0 Å². The van der Waals surface area contributed by atoms with Crippen molar-refractivity contribution < 1.29 is 9.53 Å². The van der Waals surface area contributed by atoms with Crippen molar-refractivity contribution in [2.45, 2.75) is 57.7 Å². The Morgan fingerprint density at radius 3 is 2.80 bits per heavy atom. The zero-order valence-corrected chi connectivity index (χ0v) is 13.4. The largest absolute Gasteiger partial charge is 0.385 e. The van der Waals surface area contributed by atoms with Crippen molar-refractivity contribution in [1.29, 1.82) is 0 Å². The van der Waals surface area contributed by atoms with E-state index < -0.39 is 0 Å². The third-order valence-corrected chi connectivity index (χ3v) is 4.33. The van der Waals surface area contributed by atoms with Gasteiger partial charge in [0, 0.05) is 32.3 Å². The average molecular weight is 285 g/mol. The maximum Gasteiger partial charge on any atom is 0.237 e. The van der Waals surface area contributed by atoms with Crippen molar-refractivity contribution in [3.63, 3.8) is 0 Å². The smallest absolute Gasteiger partial charge is 0.237 e. The number of rotatable bonds is 8. The van der Waals surface area contributed by atoms with Gasteiger partial charge in [-0.1, -0.05) is 6.42 Å². The molecule has 5 heteroatoms. The molecule has 0 saturated carbocycles. The van der Waals surface area contributed by atoms with Gasteiger partial charge in [0.2, 0.25) is 5.91 Å². The minimum Gasteiger partial charge on any atom is -0.385 e. The molecule has 0 aromatic carbocycles. The number of methoxy groups -OCH3 is 1. The van der Waals surface area contributed by atoms with Gasteiger partial charge in [-0.3, -0.25) is 9.69 Å². The molecule has 0 aliphatic carbocycles. The number of piperidine rings is 1. The van der Waals surface area contributed by atoms with Crippen LogP contribution in [0.3, 0.4) is 0 Å². The Labute approximate surface area is 123 Å². The van der Waals surface area contributed by atoms with Crippen LogP contribution in [0.2, 0.25) is 0 Å². The molecule has 0 spiro atoms. The van der Waals surface area contributed by atoms with E-state index in [1.807, 2.05) is 14.0 Å². The van der Waals surface area contributed by atoms with E-state index in [9.17, 15) is 4.79 Å². The van der Waals surface area contributed by atoms with E-state index in [2.05, 4.69) is 22.5 Å². The highest BCUT2D eigenvalue weighted by Crippen LogP contribution is 2.22. The Hall–Kier alpha value is -0.650. The van der Waals surface area contributed by atoms with Gasteiger partial charge in [0.1, 0.15) is 0 Å². The third kappa shape index (κ3) is 5.04. The molecule has 3 atom stereocenters. The molecule has 1 heterocycles. The van der Waals surface area contributed by atoms with Crippen molar-refractivity contribution in [2.24, 2.45) is 0 Å². The third-order valence-electron chi connectivity index (χ3n) is 4.33. The summed E-state index contributed by atoms with van der Waals surface area (Å²) < 4.78 is 4.99. The van der Waals surface area contributed by atoms with E-state index in [4.69, 9.17) is 4.74 Å². The molecule has 1 rings (SSSR count). The predicted molar refractivity (Wildman–Crippen MR) is 81.8 cm³/mol. The number of hydrogen-bond acceptors (Lipinski definition) is 4. The summed E-state index contributed by atoms with van der Waals surface area (Å²) in [5, 5.41) is 6.34. The molecule has 5 nitrogen and oxygen atoms in total. The Kier molecular flexibility index (Phi) is 8.11. The number of carbonyl (C=O) groups excluding carboxylic acids is 1. The minimum absolute atomic E-state index is 0.0568. The molecule has 118 valence electrons. The molecule has 20 heavy (non-hydrogen) atoms.